The Kier molecular flexibility index (Phi) is 13.2. The van der Waals surface area contributed by atoms with Gasteiger partial charge in [-0.1, -0.05) is 6.42 Å². The Balaban J connectivity index is 4.78. The molecule has 0 aromatic carbocycles. The molecule has 0 unspecified atom stereocenters. The second-order valence-electron chi connectivity index (χ2n) is 10.7. The van der Waals surface area contributed by atoms with Crippen molar-refractivity contribution in [2.45, 2.75) is 95.4 Å². The van der Waals surface area contributed by atoms with E-state index in [1.165, 1.54) is 0 Å². The summed E-state index contributed by atoms with van der Waals surface area (Å²) in [6.07, 6.45) is 1.60. The zero-order chi connectivity index (χ0) is 23.7. The second kappa shape index (κ2) is 12.9. The summed E-state index contributed by atoms with van der Waals surface area (Å²) in [5, 5.41) is 0. The zero-order valence-electron chi connectivity index (χ0n) is 21.6. The van der Waals surface area contributed by atoms with Crippen molar-refractivity contribution in [3.05, 3.63) is 0 Å². The third kappa shape index (κ3) is 12.7. The van der Waals surface area contributed by atoms with E-state index >= 15 is 0 Å². The fraction of sp³-hybridized carbons (Fsp3) is 1.00. The van der Waals surface area contributed by atoms with Crippen molar-refractivity contribution in [1.29, 1.82) is 0 Å². The second-order valence-corrected chi connectivity index (χ2v) is 31.5. The third-order valence-corrected chi connectivity index (χ3v) is 24.1. The SMILES string of the molecule is CO[Si](CC[Si](C)(C)O[Si](C)(C)CC[Si](C)(C)O[Si](C)(C)CCCCF)(OC)OC. The van der Waals surface area contributed by atoms with E-state index in [-0.39, 0.29) is 6.67 Å². The van der Waals surface area contributed by atoms with Gasteiger partial charge in [0.1, 0.15) is 0 Å². The maximum absolute atomic E-state index is 12.4. The summed E-state index contributed by atoms with van der Waals surface area (Å²) >= 11 is 0. The monoisotopic (exact) mass is 516 g/mol. The van der Waals surface area contributed by atoms with E-state index in [1.54, 1.807) is 21.3 Å². The first-order valence-electron chi connectivity index (χ1n) is 11.2. The van der Waals surface area contributed by atoms with Gasteiger partial charge in [-0.3, -0.25) is 4.39 Å². The molecular weight excluding hydrogens is 468 g/mol. The molecule has 0 aliphatic carbocycles. The first-order valence-corrected chi connectivity index (χ1v) is 25.6. The molecule has 0 aromatic heterocycles. The van der Waals surface area contributed by atoms with E-state index in [2.05, 4.69) is 52.4 Å². The molecule has 182 valence electrons. The van der Waals surface area contributed by atoms with Crippen LogP contribution in [-0.2, 0) is 21.5 Å². The molecule has 0 spiro atoms. The van der Waals surface area contributed by atoms with Crippen molar-refractivity contribution in [3.63, 3.8) is 0 Å². The molecule has 5 nitrogen and oxygen atoms in total. The van der Waals surface area contributed by atoms with Gasteiger partial charge in [0.15, 0.2) is 33.3 Å². The zero-order valence-corrected chi connectivity index (χ0v) is 26.6. The van der Waals surface area contributed by atoms with Gasteiger partial charge in [-0.15, -0.1) is 0 Å². The van der Waals surface area contributed by atoms with E-state index in [9.17, 15) is 4.39 Å². The number of unbranched alkanes of at least 4 members (excludes halogenated alkanes) is 1. The number of hydrogen-bond donors (Lipinski definition) is 0. The Labute approximate surface area is 191 Å². The molecule has 0 atom stereocenters. The van der Waals surface area contributed by atoms with Gasteiger partial charge in [-0.2, -0.15) is 0 Å². The van der Waals surface area contributed by atoms with Crippen molar-refractivity contribution in [2.75, 3.05) is 28.0 Å². The van der Waals surface area contributed by atoms with Gasteiger partial charge in [0.25, 0.3) is 0 Å². The molecule has 0 N–H and O–H groups in total. The molecule has 0 aliphatic rings. The molecular formula is C19H49FO5Si5. The van der Waals surface area contributed by atoms with Gasteiger partial charge < -0.3 is 21.5 Å². The van der Waals surface area contributed by atoms with Crippen LogP contribution in [0, 0.1) is 0 Å². The van der Waals surface area contributed by atoms with Gasteiger partial charge in [0, 0.05) is 27.4 Å². The van der Waals surface area contributed by atoms with Gasteiger partial charge >= 0.3 is 8.80 Å². The molecule has 0 saturated heterocycles. The predicted molar refractivity (Wildman–Crippen MR) is 138 cm³/mol. The molecule has 0 heterocycles. The maximum Gasteiger partial charge on any atom is 0.499 e. The van der Waals surface area contributed by atoms with Gasteiger partial charge in [-0.25, -0.2) is 0 Å². The molecule has 0 saturated carbocycles. The van der Waals surface area contributed by atoms with Crippen LogP contribution >= 0.6 is 0 Å². The predicted octanol–water partition coefficient (Wildman–Crippen LogP) is 6.47. The van der Waals surface area contributed by atoms with Crippen LogP contribution in [0.1, 0.15) is 12.8 Å². The Morgan fingerprint density at radius 1 is 0.500 bits per heavy atom. The first kappa shape index (κ1) is 30.8. The van der Waals surface area contributed by atoms with Crippen molar-refractivity contribution in [1.82, 2.24) is 0 Å². The highest BCUT2D eigenvalue weighted by molar-refractivity contribution is 6.88. The molecule has 0 bridgehead atoms. The van der Waals surface area contributed by atoms with E-state index in [0.29, 0.717) is 6.42 Å². The number of halogens is 1. The Morgan fingerprint density at radius 3 is 1.17 bits per heavy atom. The maximum atomic E-state index is 12.4. The molecule has 0 aromatic rings. The van der Waals surface area contributed by atoms with E-state index in [1.807, 2.05) is 0 Å². The van der Waals surface area contributed by atoms with Crippen LogP contribution in [0.5, 0.6) is 0 Å². The molecule has 0 aliphatic heterocycles. The van der Waals surface area contributed by atoms with Crippen LogP contribution in [0.3, 0.4) is 0 Å². The van der Waals surface area contributed by atoms with Crippen LogP contribution < -0.4 is 0 Å². The smallest absolute Gasteiger partial charge is 0.456 e. The molecule has 30 heavy (non-hydrogen) atoms. The van der Waals surface area contributed by atoms with Crippen molar-refractivity contribution in [3.8, 4) is 0 Å². The summed E-state index contributed by atoms with van der Waals surface area (Å²) in [6, 6.07) is 5.07. The molecule has 11 heteroatoms. The van der Waals surface area contributed by atoms with Crippen molar-refractivity contribution < 1.29 is 25.9 Å². The van der Waals surface area contributed by atoms with Crippen LogP contribution in [0.2, 0.25) is 82.6 Å². The lowest BCUT2D eigenvalue weighted by atomic mass is 10.4. The average molecular weight is 517 g/mol. The largest absolute Gasteiger partial charge is 0.499 e. The van der Waals surface area contributed by atoms with Crippen molar-refractivity contribution in [2.24, 2.45) is 0 Å². The summed E-state index contributed by atoms with van der Waals surface area (Å²) in [6.45, 7) is 18.3. The summed E-state index contributed by atoms with van der Waals surface area (Å²) in [5.74, 6) is 0. The number of rotatable bonds is 17. The topological polar surface area (TPSA) is 46.2 Å². The fourth-order valence-corrected chi connectivity index (χ4v) is 28.2. The minimum Gasteiger partial charge on any atom is -0.456 e. The highest BCUT2D eigenvalue weighted by Crippen LogP contribution is 2.31. The number of alkyl halides is 1. The van der Waals surface area contributed by atoms with Gasteiger partial charge in [0.05, 0.1) is 6.67 Å². The molecule has 0 radical (unpaired) electrons. The van der Waals surface area contributed by atoms with Crippen LogP contribution in [-0.4, -0.2) is 70.1 Å². The molecule has 0 rings (SSSR count). The van der Waals surface area contributed by atoms with Crippen LogP contribution in [0.4, 0.5) is 4.39 Å². The van der Waals surface area contributed by atoms with E-state index in [4.69, 9.17) is 21.5 Å². The Bertz CT molecular complexity index is 480. The summed E-state index contributed by atoms with van der Waals surface area (Å²) in [4.78, 5) is 0. The number of hydrogen-bond acceptors (Lipinski definition) is 5. The quantitative estimate of drug-likeness (QED) is 0.164. The van der Waals surface area contributed by atoms with Crippen LogP contribution in [0.15, 0.2) is 0 Å². The highest BCUT2D eigenvalue weighted by Gasteiger charge is 2.42. The van der Waals surface area contributed by atoms with E-state index < -0.39 is 42.1 Å². The first-order chi connectivity index (χ1) is 13.6. The third-order valence-electron chi connectivity index (χ3n) is 5.56. The lowest BCUT2D eigenvalue weighted by molar-refractivity contribution is 0.125. The fourth-order valence-electron chi connectivity index (χ4n) is 3.96. The molecule has 0 amide bonds. The summed E-state index contributed by atoms with van der Waals surface area (Å²) in [5.41, 5.74) is 0. The van der Waals surface area contributed by atoms with E-state index in [0.717, 1.165) is 36.6 Å². The highest BCUT2D eigenvalue weighted by atomic mass is 28.4. The lowest BCUT2D eigenvalue weighted by Crippen LogP contribution is -2.49. The average Bonchev–Trinajstić information content (AvgIpc) is 2.60. The normalized spacial score (nSPS) is 14.4. The van der Waals surface area contributed by atoms with Gasteiger partial charge in [-0.05, 0) is 83.0 Å². The lowest BCUT2D eigenvalue weighted by Gasteiger charge is -2.38. The van der Waals surface area contributed by atoms with Crippen molar-refractivity contribution >= 4 is 42.1 Å². The summed E-state index contributed by atoms with van der Waals surface area (Å²) in [7, 11) is -4.70. The Morgan fingerprint density at radius 2 is 0.833 bits per heavy atom. The summed E-state index contributed by atoms with van der Waals surface area (Å²) < 4.78 is 42.7. The minimum atomic E-state index is -2.55. The molecule has 0 fully saturated rings. The van der Waals surface area contributed by atoms with Gasteiger partial charge in [0.2, 0.25) is 0 Å². The minimum absolute atomic E-state index is 0.217. The standard InChI is InChI=1S/C19H49FO5Si5/c1-21-30(22-2,23-3)19-18-29(10,11)25-28(8,9)17-16-27(6,7)24-26(4,5)15-13-12-14-20/h12-19H2,1-11H3. The Hall–Kier alpha value is 0.814. The van der Waals surface area contributed by atoms with Crippen LogP contribution in [0.25, 0.3) is 0 Å².